The summed E-state index contributed by atoms with van der Waals surface area (Å²) in [6, 6.07) is 0. The Hall–Kier alpha value is -0.260. The molecule has 0 N–H and O–H groups in total. The smallest absolute Gasteiger partial charge is 0.0353 e. The molecule has 0 aromatic heterocycles. The SMILES string of the molecule is C=CCCCCCCCC(C)(C)CCCC. The van der Waals surface area contributed by atoms with Crippen LogP contribution in [0.4, 0.5) is 0 Å². The molecule has 0 aromatic carbocycles. The molecule has 0 aliphatic heterocycles. The van der Waals surface area contributed by atoms with Gasteiger partial charge in [0.25, 0.3) is 0 Å². The van der Waals surface area contributed by atoms with Crippen LogP contribution in [0.3, 0.4) is 0 Å². The van der Waals surface area contributed by atoms with Crippen molar-refractivity contribution in [2.45, 2.75) is 85.0 Å². The zero-order valence-corrected chi connectivity index (χ0v) is 11.9. The molecule has 0 atom stereocenters. The first-order valence-electron chi connectivity index (χ1n) is 7.23. The summed E-state index contributed by atoms with van der Waals surface area (Å²) in [5, 5.41) is 0. The van der Waals surface area contributed by atoms with Crippen molar-refractivity contribution < 1.29 is 0 Å². The summed E-state index contributed by atoms with van der Waals surface area (Å²) in [6.07, 6.45) is 15.8. The van der Waals surface area contributed by atoms with Crippen LogP contribution >= 0.6 is 0 Å². The molecule has 0 aliphatic carbocycles. The first-order valence-corrected chi connectivity index (χ1v) is 7.23. The second-order valence-electron chi connectivity index (χ2n) is 5.86. The Morgan fingerprint density at radius 3 is 2.06 bits per heavy atom. The van der Waals surface area contributed by atoms with Gasteiger partial charge in [-0.2, -0.15) is 0 Å². The molecular formula is C16H32. The standard InChI is InChI=1S/C16H32/c1-5-7-9-10-11-12-13-15-16(3,4)14-8-6-2/h5H,1,6-15H2,2-4H3. The maximum atomic E-state index is 3.76. The van der Waals surface area contributed by atoms with Crippen molar-refractivity contribution in [1.82, 2.24) is 0 Å². The lowest BCUT2D eigenvalue weighted by molar-refractivity contribution is 0.285. The molecule has 0 fully saturated rings. The second kappa shape index (κ2) is 9.93. The highest BCUT2D eigenvalue weighted by Crippen LogP contribution is 2.29. The largest absolute Gasteiger partial charge is 0.103 e. The second-order valence-corrected chi connectivity index (χ2v) is 5.86. The Bertz CT molecular complexity index is 155. The predicted molar refractivity (Wildman–Crippen MR) is 75.8 cm³/mol. The summed E-state index contributed by atoms with van der Waals surface area (Å²) < 4.78 is 0. The lowest BCUT2D eigenvalue weighted by Crippen LogP contribution is -2.10. The molecular weight excluding hydrogens is 192 g/mol. The molecule has 0 aromatic rings. The predicted octanol–water partition coefficient (Wildman–Crippen LogP) is 6.12. The summed E-state index contributed by atoms with van der Waals surface area (Å²) in [5.41, 5.74) is 0.580. The van der Waals surface area contributed by atoms with Crippen molar-refractivity contribution in [1.29, 1.82) is 0 Å². The number of rotatable bonds is 11. The summed E-state index contributed by atoms with van der Waals surface area (Å²) in [6.45, 7) is 10.9. The minimum Gasteiger partial charge on any atom is -0.103 e. The monoisotopic (exact) mass is 224 g/mol. The van der Waals surface area contributed by atoms with E-state index in [1.807, 2.05) is 6.08 Å². The average molecular weight is 224 g/mol. The summed E-state index contributed by atoms with van der Waals surface area (Å²) in [4.78, 5) is 0. The van der Waals surface area contributed by atoms with Crippen LogP contribution in [0, 0.1) is 5.41 Å². The fourth-order valence-electron chi connectivity index (χ4n) is 2.20. The van der Waals surface area contributed by atoms with Gasteiger partial charge in [0.05, 0.1) is 0 Å². The van der Waals surface area contributed by atoms with Gasteiger partial charge >= 0.3 is 0 Å². The van der Waals surface area contributed by atoms with E-state index >= 15 is 0 Å². The van der Waals surface area contributed by atoms with Crippen LogP contribution in [0.1, 0.15) is 85.0 Å². The van der Waals surface area contributed by atoms with Crippen LogP contribution < -0.4 is 0 Å². The average Bonchev–Trinajstić information content (AvgIpc) is 2.25. The van der Waals surface area contributed by atoms with E-state index in [2.05, 4.69) is 27.4 Å². The van der Waals surface area contributed by atoms with E-state index in [1.54, 1.807) is 0 Å². The van der Waals surface area contributed by atoms with Gasteiger partial charge in [0, 0.05) is 0 Å². The molecule has 16 heavy (non-hydrogen) atoms. The molecule has 0 amide bonds. The summed E-state index contributed by atoms with van der Waals surface area (Å²) in [7, 11) is 0. The van der Waals surface area contributed by atoms with Crippen molar-refractivity contribution in [2.75, 3.05) is 0 Å². The van der Waals surface area contributed by atoms with E-state index in [9.17, 15) is 0 Å². The molecule has 0 heterocycles. The van der Waals surface area contributed by atoms with Crippen molar-refractivity contribution in [3.63, 3.8) is 0 Å². The number of allylic oxidation sites excluding steroid dienone is 1. The van der Waals surface area contributed by atoms with Crippen LogP contribution in [0.15, 0.2) is 12.7 Å². The highest BCUT2D eigenvalue weighted by atomic mass is 14.2. The summed E-state index contributed by atoms with van der Waals surface area (Å²) in [5.74, 6) is 0. The number of unbranched alkanes of at least 4 members (excludes halogenated alkanes) is 6. The number of hydrogen-bond acceptors (Lipinski definition) is 0. The molecule has 0 saturated heterocycles. The van der Waals surface area contributed by atoms with E-state index in [4.69, 9.17) is 0 Å². The maximum Gasteiger partial charge on any atom is -0.0353 e. The quantitative estimate of drug-likeness (QED) is 0.293. The third kappa shape index (κ3) is 10.3. The zero-order chi connectivity index (χ0) is 12.3. The van der Waals surface area contributed by atoms with Gasteiger partial charge in [-0.3, -0.25) is 0 Å². The van der Waals surface area contributed by atoms with Gasteiger partial charge in [-0.25, -0.2) is 0 Å². The molecule has 0 aliphatic rings. The first-order chi connectivity index (χ1) is 7.62. The third-order valence-electron chi connectivity index (χ3n) is 3.47. The van der Waals surface area contributed by atoms with E-state index in [0.29, 0.717) is 5.41 Å². The van der Waals surface area contributed by atoms with E-state index in [0.717, 1.165) is 0 Å². The maximum absolute atomic E-state index is 3.76. The molecule has 0 unspecified atom stereocenters. The topological polar surface area (TPSA) is 0 Å². The normalized spacial score (nSPS) is 11.7. The lowest BCUT2D eigenvalue weighted by atomic mass is 9.82. The zero-order valence-electron chi connectivity index (χ0n) is 11.9. The lowest BCUT2D eigenvalue weighted by Gasteiger charge is -2.24. The third-order valence-corrected chi connectivity index (χ3v) is 3.47. The van der Waals surface area contributed by atoms with Gasteiger partial charge in [-0.15, -0.1) is 6.58 Å². The van der Waals surface area contributed by atoms with Gasteiger partial charge in [-0.1, -0.05) is 65.4 Å². The Balaban J connectivity index is 3.32. The number of hydrogen-bond donors (Lipinski definition) is 0. The van der Waals surface area contributed by atoms with Crippen LogP contribution in [-0.2, 0) is 0 Å². The molecule has 0 radical (unpaired) electrons. The minimum atomic E-state index is 0.580. The molecule has 0 bridgehead atoms. The van der Waals surface area contributed by atoms with Crippen LogP contribution in [0.25, 0.3) is 0 Å². The van der Waals surface area contributed by atoms with E-state index in [1.165, 1.54) is 64.2 Å². The van der Waals surface area contributed by atoms with Gasteiger partial charge in [-0.05, 0) is 31.1 Å². The molecule has 96 valence electrons. The molecule has 0 spiro atoms. The molecule has 0 rings (SSSR count). The van der Waals surface area contributed by atoms with Crippen molar-refractivity contribution in [3.8, 4) is 0 Å². The van der Waals surface area contributed by atoms with Crippen LogP contribution in [0.5, 0.6) is 0 Å². The van der Waals surface area contributed by atoms with Gasteiger partial charge in [0.15, 0.2) is 0 Å². The van der Waals surface area contributed by atoms with Crippen LogP contribution in [0.2, 0.25) is 0 Å². The van der Waals surface area contributed by atoms with Gasteiger partial charge in [0.2, 0.25) is 0 Å². The highest BCUT2D eigenvalue weighted by molar-refractivity contribution is 4.69. The Morgan fingerprint density at radius 1 is 0.875 bits per heavy atom. The fraction of sp³-hybridized carbons (Fsp3) is 0.875. The molecule has 0 saturated carbocycles. The Kier molecular flexibility index (Phi) is 9.77. The molecule has 0 nitrogen and oxygen atoms in total. The molecule has 0 heteroatoms. The van der Waals surface area contributed by atoms with Gasteiger partial charge in [0.1, 0.15) is 0 Å². The van der Waals surface area contributed by atoms with Crippen molar-refractivity contribution in [3.05, 3.63) is 12.7 Å². The summed E-state index contributed by atoms with van der Waals surface area (Å²) >= 11 is 0. The Morgan fingerprint density at radius 2 is 1.44 bits per heavy atom. The van der Waals surface area contributed by atoms with E-state index in [-0.39, 0.29) is 0 Å². The fourth-order valence-corrected chi connectivity index (χ4v) is 2.20. The van der Waals surface area contributed by atoms with Gasteiger partial charge < -0.3 is 0 Å². The Labute approximate surface area is 104 Å². The minimum absolute atomic E-state index is 0.580. The van der Waals surface area contributed by atoms with E-state index < -0.39 is 0 Å². The van der Waals surface area contributed by atoms with Crippen molar-refractivity contribution in [2.24, 2.45) is 5.41 Å². The first kappa shape index (κ1) is 15.7. The highest BCUT2D eigenvalue weighted by Gasteiger charge is 2.15. The van der Waals surface area contributed by atoms with Crippen LogP contribution in [-0.4, -0.2) is 0 Å². The van der Waals surface area contributed by atoms with Crippen molar-refractivity contribution >= 4 is 0 Å².